The van der Waals surface area contributed by atoms with Crippen molar-refractivity contribution in [2.24, 2.45) is 0 Å². The van der Waals surface area contributed by atoms with E-state index in [4.69, 9.17) is 9.72 Å². The Balaban J connectivity index is 0.00000231. The standard InChI is InChI=1S/C30H40FN5O3.2ClH/c1-19-14-34(25(13-32-19)15-35-20(2)21(3)39-17-28(35)38)16-27(37)36-18-30(4,5)29-26(36)11-23(12-33-29)10-22-6-8-24(31)9-7-22;;/h6-9,11-12,19-21,25,32H,10,13-18H2,1-5H3;2*1H/t19-,20-,21+,25-;;/m1../s1. The summed E-state index contributed by atoms with van der Waals surface area (Å²) < 4.78 is 19.0. The Morgan fingerprint density at radius 3 is 2.56 bits per heavy atom. The molecule has 1 aromatic heterocycles. The third kappa shape index (κ3) is 7.20. The van der Waals surface area contributed by atoms with Crippen molar-refractivity contribution >= 4 is 42.3 Å². The van der Waals surface area contributed by atoms with Crippen LogP contribution < -0.4 is 10.2 Å². The average Bonchev–Trinajstić information content (AvgIpc) is 3.17. The van der Waals surface area contributed by atoms with E-state index in [1.54, 1.807) is 12.1 Å². The molecule has 1 N–H and O–H groups in total. The van der Waals surface area contributed by atoms with Gasteiger partial charge in [-0.15, -0.1) is 24.8 Å². The van der Waals surface area contributed by atoms with Gasteiger partial charge >= 0.3 is 0 Å². The summed E-state index contributed by atoms with van der Waals surface area (Å²) in [7, 11) is 0. The lowest BCUT2D eigenvalue weighted by Gasteiger charge is -2.45. The van der Waals surface area contributed by atoms with E-state index in [-0.39, 0.29) is 85.2 Å². The molecule has 226 valence electrons. The van der Waals surface area contributed by atoms with Crippen molar-refractivity contribution in [3.63, 3.8) is 0 Å². The highest BCUT2D eigenvalue weighted by molar-refractivity contribution is 5.97. The number of aromatic nitrogens is 1. The van der Waals surface area contributed by atoms with Gasteiger partial charge in [-0.05, 0) is 56.5 Å². The molecule has 0 radical (unpaired) electrons. The van der Waals surface area contributed by atoms with E-state index in [1.165, 1.54) is 12.1 Å². The zero-order valence-corrected chi connectivity index (χ0v) is 26.1. The fourth-order valence-electron chi connectivity index (χ4n) is 6.00. The van der Waals surface area contributed by atoms with E-state index >= 15 is 0 Å². The van der Waals surface area contributed by atoms with Crippen LogP contribution in [-0.4, -0.2) is 90.2 Å². The summed E-state index contributed by atoms with van der Waals surface area (Å²) in [5.74, 6) is -0.219. The van der Waals surface area contributed by atoms with Gasteiger partial charge in [0.25, 0.3) is 0 Å². The van der Waals surface area contributed by atoms with Crippen LogP contribution in [0.25, 0.3) is 0 Å². The normalized spacial score (nSPS) is 25.8. The average molecular weight is 611 g/mol. The molecule has 1 aromatic carbocycles. The maximum absolute atomic E-state index is 13.9. The third-order valence-electron chi connectivity index (χ3n) is 8.47. The van der Waals surface area contributed by atoms with Crippen molar-refractivity contribution in [2.75, 3.05) is 44.2 Å². The molecule has 3 aliphatic rings. The summed E-state index contributed by atoms with van der Waals surface area (Å²) in [5, 5.41) is 3.53. The molecule has 0 unspecified atom stereocenters. The van der Waals surface area contributed by atoms with Crippen molar-refractivity contribution in [2.45, 2.75) is 70.7 Å². The Morgan fingerprint density at radius 2 is 1.85 bits per heavy atom. The van der Waals surface area contributed by atoms with Gasteiger partial charge in [0.2, 0.25) is 11.8 Å². The molecular formula is C30H42Cl2FN5O3. The molecule has 2 amide bonds. The smallest absolute Gasteiger partial charge is 0.248 e. The lowest BCUT2D eigenvalue weighted by atomic mass is 9.91. The van der Waals surface area contributed by atoms with Crippen molar-refractivity contribution in [3.8, 4) is 0 Å². The number of fused-ring (bicyclic) bond motifs is 1. The molecule has 0 saturated carbocycles. The highest BCUT2D eigenvalue weighted by Crippen LogP contribution is 2.39. The van der Waals surface area contributed by atoms with Crippen molar-refractivity contribution in [1.82, 2.24) is 20.1 Å². The fraction of sp³-hybridized carbons (Fsp3) is 0.567. The van der Waals surface area contributed by atoms with Gasteiger partial charge in [-0.1, -0.05) is 26.0 Å². The van der Waals surface area contributed by atoms with Crippen LogP contribution in [0, 0.1) is 5.82 Å². The number of carbonyl (C=O) groups is 2. The minimum atomic E-state index is -0.263. The third-order valence-corrected chi connectivity index (χ3v) is 8.47. The summed E-state index contributed by atoms with van der Waals surface area (Å²) in [6.07, 6.45) is 2.46. The van der Waals surface area contributed by atoms with Crippen LogP contribution in [0.2, 0.25) is 0 Å². The molecule has 11 heteroatoms. The number of halogens is 3. The molecule has 0 bridgehead atoms. The maximum Gasteiger partial charge on any atom is 0.248 e. The molecule has 8 nitrogen and oxygen atoms in total. The van der Waals surface area contributed by atoms with Gasteiger partial charge in [-0.3, -0.25) is 19.5 Å². The van der Waals surface area contributed by atoms with Crippen LogP contribution in [-0.2, 0) is 26.2 Å². The molecule has 0 aliphatic carbocycles. The number of nitrogens with zero attached hydrogens (tertiary/aromatic N) is 4. The van der Waals surface area contributed by atoms with Crippen LogP contribution in [0.3, 0.4) is 0 Å². The van der Waals surface area contributed by atoms with Crippen LogP contribution in [0.4, 0.5) is 10.1 Å². The van der Waals surface area contributed by atoms with E-state index in [0.29, 0.717) is 26.1 Å². The molecule has 41 heavy (non-hydrogen) atoms. The first-order chi connectivity index (χ1) is 18.5. The second kappa shape index (κ2) is 13.3. The Hall–Kier alpha value is -2.30. The minimum absolute atomic E-state index is 0. The summed E-state index contributed by atoms with van der Waals surface area (Å²) in [6.45, 7) is 13.3. The Morgan fingerprint density at radius 1 is 1.15 bits per heavy atom. The number of ether oxygens (including phenoxy) is 1. The first-order valence-corrected chi connectivity index (χ1v) is 13.9. The molecule has 3 aliphatic heterocycles. The second-order valence-electron chi connectivity index (χ2n) is 12.1. The lowest BCUT2D eigenvalue weighted by molar-refractivity contribution is -0.156. The molecule has 4 heterocycles. The molecule has 0 spiro atoms. The van der Waals surface area contributed by atoms with E-state index in [9.17, 15) is 14.0 Å². The van der Waals surface area contributed by atoms with Crippen molar-refractivity contribution < 1.29 is 18.7 Å². The molecular weight excluding hydrogens is 568 g/mol. The molecule has 2 fully saturated rings. The SMILES string of the molecule is C[C@@H]1CN(CC(=O)N2CC(C)(C)c3ncc(Cc4ccc(F)cc4)cc32)[C@@H](CN2C(=O)CO[C@@H](C)[C@H]2C)CN1.Cl.Cl. The van der Waals surface area contributed by atoms with E-state index in [1.807, 2.05) is 29.8 Å². The van der Waals surface area contributed by atoms with Crippen molar-refractivity contribution in [3.05, 3.63) is 59.2 Å². The van der Waals surface area contributed by atoms with Gasteiger partial charge in [0.15, 0.2) is 0 Å². The van der Waals surface area contributed by atoms with Crippen molar-refractivity contribution in [1.29, 1.82) is 0 Å². The number of hydrogen-bond acceptors (Lipinski definition) is 6. The van der Waals surface area contributed by atoms with Crippen LogP contribution in [0.5, 0.6) is 0 Å². The predicted molar refractivity (Wildman–Crippen MR) is 163 cm³/mol. The van der Waals surface area contributed by atoms with E-state index in [2.05, 4.69) is 37.1 Å². The quantitative estimate of drug-likeness (QED) is 0.539. The van der Waals surface area contributed by atoms with Crippen LogP contribution in [0.15, 0.2) is 36.5 Å². The Bertz CT molecular complexity index is 1230. The monoisotopic (exact) mass is 609 g/mol. The van der Waals surface area contributed by atoms with Crippen LogP contribution >= 0.6 is 24.8 Å². The van der Waals surface area contributed by atoms with Gasteiger partial charge < -0.3 is 19.9 Å². The predicted octanol–water partition coefficient (Wildman–Crippen LogP) is 3.58. The number of morpholine rings is 1. The van der Waals surface area contributed by atoms with Gasteiger partial charge in [-0.25, -0.2) is 4.39 Å². The summed E-state index contributed by atoms with van der Waals surface area (Å²) in [6, 6.07) is 8.81. The fourth-order valence-corrected chi connectivity index (χ4v) is 6.00. The number of anilines is 1. The Kier molecular flexibility index (Phi) is 10.8. The number of hydrogen-bond donors (Lipinski definition) is 1. The van der Waals surface area contributed by atoms with E-state index < -0.39 is 0 Å². The van der Waals surface area contributed by atoms with E-state index in [0.717, 1.165) is 29.1 Å². The molecule has 4 atom stereocenters. The number of piperazine rings is 1. The largest absolute Gasteiger partial charge is 0.367 e. The lowest BCUT2D eigenvalue weighted by Crippen LogP contribution is -2.63. The first-order valence-electron chi connectivity index (χ1n) is 13.9. The minimum Gasteiger partial charge on any atom is -0.367 e. The summed E-state index contributed by atoms with van der Waals surface area (Å²) >= 11 is 0. The molecule has 5 rings (SSSR count). The number of nitrogens with one attached hydrogen (secondary N) is 1. The van der Waals surface area contributed by atoms with Gasteiger partial charge in [0, 0.05) is 49.9 Å². The number of amides is 2. The number of benzene rings is 1. The topological polar surface area (TPSA) is 78.0 Å². The van der Waals surface area contributed by atoms with Gasteiger partial charge in [-0.2, -0.15) is 0 Å². The highest BCUT2D eigenvalue weighted by Gasteiger charge is 2.41. The zero-order chi connectivity index (χ0) is 27.9. The highest BCUT2D eigenvalue weighted by atomic mass is 35.5. The van der Waals surface area contributed by atoms with Gasteiger partial charge in [0.05, 0.1) is 30.1 Å². The number of pyridine rings is 1. The zero-order valence-electron chi connectivity index (χ0n) is 24.4. The van der Waals surface area contributed by atoms with Gasteiger partial charge in [0.1, 0.15) is 12.4 Å². The molecule has 2 aromatic rings. The summed E-state index contributed by atoms with van der Waals surface area (Å²) in [4.78, 5) is 37.4. The van der Waals surface area contributed by atoms with Crippen LogP contribution in [0.1, 0.15) is 51.4 Å². The number of carbonyl (C=O) groups excluding carboxylic acids is 2. The number of rotatable bonds is 6. The Labute approximate surface area is 254 Å². The second-order valence-corrected chi connectivity index (χ2v) is 12.1. The molecule has 2 saturated heterocycles. The summed E-state index contributed by atoms with van der Waals surface area (Å²) in [5.41, 5.74) is 3.49. The maximum atomic E-state index is 13.9. The first kappa shape index (κ1) is 33.2.